The van der Waals surface area contributed by atoms with Crippen molar-refractivity contribution >= 4 is 23.9 Å². The number of methoxy groups -OCH3 is 1. The first-order chi connectivity index (χ1) is 21.9. The highest BCUT2D eigenvalue weighted by molar-refractivity contribution is 6.00. The fraction of sp³-hybridized carbons (Fsp3) is 0.531. The summed E-state index contributed by atoms with van der Waals surface area (Å²) in [5.74, 6) is -2.99. The van der Waals surface area contributed by atoms with Gasteiger partial charge in [-0.1, -0.05) is 31.5 Å². The third-order valence-electron chi connectivity index (χ3n) is 8.78. The van der Waals surface area contributed by atoms with Crippen LogP contribution in [0.5, 0.6) is 5.75 Å². The predicted octanol–water partition coefficient (Wildman–Crippen LogP) is 4.70. The SMILES string of the molecule is COC1=NO[C@@]2(CC[C@H](C)N3C[C@H]2n2cc(C(=O)NCc4ccc(F)cc4F)c(=O)c(OC(=O)OCCCCC(C)C)c2C3=O)C1. The molecule has 1 aromatic carbocycles. The maximum atomic E-state index is 14.3. The Bertz CT molecular complexity index is 1610. The summed E-state index contributed by atoms with van der Waals surface area (Å²) < 4.78 is 45.1. The first-order valence-electron chi connectivity index (χ1n) is 15.4. The van der Waals surface area contributed by atoms with E-state index in [9.17, 15) is 28.0 Å². The molecule has 5 rings (SSSR count). The summed E-state index contributed by atoms with van der Waals surface area (Å²) in [5, 5.41) is 6.56. The minimum Gasteiger partial charge on any atom is -0.482 e. The van der Waals surface area contributed by atoms with Crippen molar-refractivity contribution in [1.29, 1.82) is 0 Å². The number of nitrogens with one attached hydrogen (secondary N) is 1. The van der Waals surface area contributed by atoms with E-state index in [0.717, 1.165) is 18.9 Å². The molecule has 248 valence electrons. The molecule has 12 nitrogen and oxygen atoms in total. The Balaban J connectivity index is 1.53. The fourth-order valence-electron chi connectivity index (χ4n) is 6.13. The second kappa shape index (κ2) is 13.5. The van der Waals surface area contributed by atoms with Crippen LogP contribution in [0.2, 0.25) is 0 Å². The van der Waals surface area contributed by atoms with Gasteiger partial charge in [0.2, 0.25) is 17.1 Å². The fourth-order valence-corrected chi connectivity index (χ4v) is 6.13. The molecule has 0 radical (unpaired) electrons. The van der Waals surface area contributed by atoms with E-state index in [-0.39, 0.29) is 43.4 Å². The van der Waals surface area contributed by atoms with Crippen molar-refractivity contribution in [2.45, 2.75) is 83.5 Å². The molecule has 0 aliphatic carbocycles. The van der Waals surface area contributed by atoms with E-state index in [2.05, 4.69) is 24.3 Å². The zero-order valence-electron chi connectivity index (χ0n) is 26.3. The Morgan fingerprint density at radius 1 is 1.22 bits per heavy atom. The number of hydrogen-bond donors (Lipinski definition) is 1. The van der Waals surface area contributed by atoms with Gasteiger partial charge in [0.05, 0.1) is 26.2 Å². The van der Waals surface area contributed by atoms with Crippen molar-refractivity contribution in [2.24, 2.45) is 11.1 Å². The first-order valence-corrected chi connectivity index (χ1v) is 15.4. The van der Waals surface area contributed by atoms with Gasteiger partial charge in [-0.15, -0.1) is 0 Å². The lowest BCUT2D eigenvalue weighted by molar-refractivity contribution is -0.0655. The lowest BCUT2D eigenvalue weighted by atomic mass is 9.85. The van der Waals surface area contributed by atoms with Crippen molar-refractivity contribution in [3.05, 3.63) is 63.1 Å². The van der Waals surface area contributed by atoms with E-state index in [1.165, 1.54) is 23.9 Å². The molecule has 3 aliphatic heterocycles. The Hall–Kier alpha value is -4.49. The van der Waals surface area contributed by atoms with Gasteiger partial charge in [-0.25, -0.2) is 13.6 Å². The summed E-state index contributed by atoms with van der Waals surface area (Å²) >= 11 is 0. The number of carbonyl (C=O) groups is 3. The highest BCUT2D eigenvalue weighted by atomic mass is 19.1. The van der Waals surface area contributed by atoms with Gasteiger partial charge in [0.15, 0.2) is 11.3 Å². The topological polar surface area (TPSA) is 138 Å². The minimum atomic E-state index is -1.20. The lowest BCUT2D eigenvalue weighted by Crippen LogP contribution is -2.52. The number of amides is 2. The van der Waals surface area contributed by atoms with E-state index in [0.29, 0.717) is 37.1 Å². The molecule has 46 heavy (non-hydrogen) atoms. The third kappa shape index (κ3) is 6.56. The molecule has 0 saturated carbocycles. The minimum absolute atomic E-state index is 0.0172. The van der Waals surface area contributed by atoms with E-state index in [1.54, 1.807) is 4.90 Å². The largest absolute Gasteiger partial charge is 0.514 e. The number of pyridine rings is 1. The van der Waals surface area contributed by atoms with Crippen LogP contribution in [0.3, 0.4) is 0 Å². The van der Waals surface area contributed by atoms with Crippen molar-refractivity contribution in [2.75, 3.05) is 20.3 Å². The molecule has 4 heterocycles. The van der Waals surface area contributed by atoms with Crippen LogP contribution >= 0.6 is 0 Å². The molecule has 2 aromatic rings. The summed E-state index contributed by atoms with van der Waals surface area (Å²) in [6.45, 7) is 5.86. The van der Waals surface area contributed by atoms with Crippen molar-refractivity contribution in [3.8, 4) is 5.75 Å². The number of rotatable bonds is 9. The maximum Gasteiger partial charge on any atom is 0.514 e. The maximum absolute atomic E-state index is 14.3. The second-order valence-corrected chi connectivity index (χ2v) is 12.3. The van der Waals surface area contributed by atoms with Crippen LogP contribution < -0.4 is 15.5 Å². The summed E-state index contributed by atoms with van der Waals surface area (Å²) in [4.78, 5) is 61.7. The van der Waals surface area contributed by atoms with Crippen molar-refractivity contribution in [1.82, 2.24) is 14.8 Å². The Kier molecular flexibility index (Phi) is 9.63. The molecule has 3 atom stereocenters. The molecule has 2 amide bonds. The van der Waals surface area contributed by atoms with Gasteiger partial charge in [-0.05, 0) is 44.6 Å². The number of oxime groups is 1. The Morgan fingerprint density at radius 2 is 2.00 bits per heavy atom. The van der Waals surface area contributed by atoms with E-state index in [4.69, 9.17) is 19.0 Å². The van der Waals surface area contributed by atoms with E-state index in [1.807, 2.05) is 6.92 Å². The number of nitrogens with zero attached hydrogens (tertiary/aromatic N) is 3. The number of fused-ring (bicyclic) bond motifs is 5. The summed E-state index contributed by atoms with van der Waals surface area (Å²) in [7, 11) is 1.47. The van der Waals surface area contributed by atoms with Crippen LogP contribution in [0.1, 0.15) is 91.7 Å². The summed E-state index contributed by atoms with van der Waals surface area (Å²) in [6.07, 6.45) is 3.61. The van der Waals surface area contributed by atoms with Gasteiger partial charge in [-0.3, -0.25) is 14.4 Å². The molecule has 1 fully saturated rings. The average molecular weight is 645 g/mol. The van der Waals surface area contributed by atoms with Crippen LogP contribution in [0.15, 0.2) is 34.3 Å². The quantitative estimate of drug-likeness (QED) is 0.307. The molecule has 14 heteroatoms. The Morgan fingerprint density at radius 3 is 2.70 bits per heavy atom. The van der Waals surface area contributed by atoms with Gasteiger partial charge < -0.3 is 33.8 Å². The number of unbranched alkanes of at least 4 members (excludes halogenated alkanes) is 1. The van der Waals surface area contributed by atoms with E-state index < -0.39 is 58.0 Å². The van der Waals surface area contributed by atoms with Gasteiger partial charge in [-0.2, -0.15) is 0 Å². The van der Waals surface area contributed by atoms with E-state index >= 15 is 0 Å². The number of aromatic nitrogens is 1. The van der Waals surface area contributed by atoms with Gasteiger partial charge in [0.25, 0.3) is 11.8 Å². The summed E-state index contributed by atoms with van der Waals surface area (Å²) in [6, 6.07) is 1.96. The predicted molar refractivity (Wildman–Crippen MR) is 161 cm³/mol. The second-order valence-electron chi connectivity index (χ2n) is 12.3. The Labute approximate surface area is 264 Å². The number of hydrogen-bond acceptors (Lipinski definition) is 9. The average Bonchev–Trinajstić information content (AvgIpc) is 3.39. The van der Waals surface area contributed by atoms with Crippen LogP contribution in [-0.2, 0) is 20.9 Å². The zero-order valence-corrected chi connectivity index (χ0v) is 26.3. The van der Waals surface area contributed by atoms with Crippen LogP contribution in [-0.4, -0.2) is 65.2 Å². The summed E-state index contributed by atoms with van der Waals surface area (Å²) in [5.41, 5.74) is -2.75. The molecule has 0 unspecified atom stereocenters. The highest BCUT2D eigenvalue weighted by Crippen LogP contribution is 2.46. The molecule has 1 aromatic heterocycles. The normalized spacial score (nSPS) is 21.8. The molecule has 2 bridgehead atoms. The lowest BCUT2D eigenvalue weighted by Gasteiger charge is -2.41. The number of benzene rings is 1. The van der Waals surface area contributed by atoms with Gasteiger partial charge >= 0.3 is 6.16 Å². The van der Waals surface area contributed by atoms with Crippen LogP contribution in [0.25, 0.3) is 0 Å². The van der Waals surface area contributed by atoms with Gasteiger partial charge in [0.1, 0.15) is 17.2 Å². The highest BCUT2D eigenvalue weighted by Gasteiger charge is 2.55. The number of carbonyl (C=O) groups excluding carboxylic acids is 3. The molecule has 1 spiro atoms. The molecular formula is C32H38F2N4O8. The molecule has 1 saturated heterocycles. The van der Waals surface area contributed by atoms with Gasteiger partial charge in [0, 0.05) is 37.0 Å². The first kappa shape index (κ1) is 32.9. The molecular weight excluding hydrogens is 606 g/mol. The van der Waals surface area contributed by atoms with Crippen LogP contribution in [0, 0.1) is 17.6 Å². The van der Waals surface area contributed by atoms with Crippen molar-refractivity contribution < 1.29 is 42.2 Å². The smallest absolute Gasteiger partial charge is 0.482 e. The van der Waals surface area contributed by atoms with Crippen molar-refractivity contribution in [3.63, 3.8) is 0 Å². The molecule has 3 aliphatic rings. The third-order valence-corrected chi connectivity index (χ3v) is 8.78. The monoisotopic (exact) mass is 644 g/mol. The number of halogens is 2. The molecule has 1 N–H and O–H groups in total. The number of ether oxygens (including phenoxy) is 3. The standard InChI is InChI=1S/C32H38F2N4O8/c1-18(2)7-5-6-12-44-31(42)45-28-26-30(41)37-17-24(32(11-10-19(37)3)14-25(43-4)36-46-32)38(26)16-22(27(28)39)29(40)35-15-20-8-9-21(33)13-23(20)34/h8-9,13,16,18-19,24H,5-7,10-12,14-15,17H2,1-4H3,(H,35,40)/t19-,24+,32-/m0/s1. The van der Waals surface area contributed by atoms with Crippen LogP contribution in [0.4, 0.5) is 13.6 Å². The zero-order chi connectivity index (χ0) is 33.2.